The fraction of sp³-hybridized carbons (Fsp3) is 0.625. The predicted octanol–water partition coefficient (Wildman–Crippen LogP) is 1.69. The lowest BCUT2D eigenvalue weighted by Gasteiger charge is -2.25. The Morgan fingerprint density at radius 1 is 1.24 bits per heavy atom. The highest BCUT2D eigenvalue weighted by atomic mass is 32.2. The van der Waals surface area contributed by atoms with Gasteiger partial charge in [-0.2, -0.15) is 4.31 Å². The van der Waals surface area contributed by atoms with Gasteiger partial charge in [0.25, 0.3) is 10.0 Å². The zero-order chi connectivity index (χ0) is 18.7. The largest absolute Gasteiger partial charge is 0.481 e. The van der Waals surface area contributed by atoms with E-state index < -0.39 is 21.4 Å². The molecule has 0 bridgehead atoms. The van der Waals surface area contributed by atoms with E-state index in [2.05, 4.69) is 5.32 Å². The van der Waals surface area contributed by atoms with Gasteiger partial charge in [-0.05, 0) is 38.8 Å². The minimum atomic E-state index is -3.48. The highest BCUT2D eigenvalue weighted by Gasteiger charge is 2.29. The molecule has 0 aromatic carbocycles. The van der Waals surface area contributed by atoms with E-state index >= 15 is 0 Å². The van der Waals surface area contributed by atoms with Crippen LogP contribution < -0.4 is 5.32 Å². The Morgan fingerprint density at radius 3 is 2.48 bits per heavy atom. The van der Waals surface area contributed by atoms with Gasteiger partial charge in [0.1, 0.15) is 4.21 Å². The number of carboxylic acid groups (broad SMARTS) is 1. The van der Waals surface area contributed by atoms with Crippen LogP contribution in [0.1, 0.15) is 38.0 Å². The molecule has 0 unspecified atom stereocenters. The molecule has 7 nitrogen and oxygen atoms in total. The van der Waals surface area contributed by atoms with Crippen molar-refractivity contribution >= 4 is 33.2 Å². The van der Waals surface area contributed by atoms with Crippen LogP contribution in [0, 0.1) is 5.41 Å². The first-order chi connectivity index (χ1) is 11.6. The fourth-order valence-electron chi connectivity index (χ4n) is 2.44. The number of carbonyl (C=O) groups excluding carboxylic acids is 1. The van der Waals surface area contributed by atoms with E-state index in [1.165, 1.54) is 18.2 Å². The molecule has 0 atom stereocenters. The highest BCUT2D eigenvalue weighted by molar-refractivity contribution is 7.91. The molecular weight excluding hydrogens is 364 g/mol. The van der Waals surface area contributed by atoms with E-state index in [9.17, 15) is 18.0 Å². The topological polar surface area (TPSA) is 104 Å². The number of carboxylic acids is 1. The van der Waals surface area contributed by atoms with Gasteiger partial charge in [0.15, 0.2) is 0 Å². The third kappa shape index (κ3) is 5.02. The third-order valence-electron chi connectivity index (χ3n) is 4.19. The van der Waals surface area contributed by atoms with Gasteiger partial charge < -0.3 is 10.4 Å². The fourth-order valence-corrected chi connectivity index (χ4v) is 5.47. The molecular formula is C16H24N2O5S2. The minimum Gasteiger partial charge on any atom is -0.481 e. The molecule has 2 N–H and O–H groups in total. The van der Waals surface area contributed by atoms with Gasteiger partial charge in [-0.15, -0.1) is 11.3 Å². The Morgan fingerprint density at radius 2 is 1.88 bits per heavy atom. The van der Waals surface area contributed by atoms with Crippen LogP contribution in [0.15, 0.2) is 16.3 Å². The van der Waals surface area contributed by atoms with Crippen LogP contribution >= 0.6 is 11.3 Å². The average molecular weight is 389 g/mol. The van der Waals surface area contributed by atoms with Crippen LogP contribution in [0.4, 0.5) is 0 Å². The van der Waals surface area contributed by atoms with Crippen molar-refractivity contribution in [2.24, 2.45) is 5.41 Å². The third-order valence-corrected chi connectivity index (χ3v) is 7.64. The summed E-state index contributed by atoms with van der Waals surface area (Å²) in [5.74, 6) is -1.31. The molecule has 1 saturated heterocycles. The Labute approximate surface area is 152 Å². The summed E-state index contributed by atoms with van der Waals surface area (Å²) in [5.41, 5.74) is -1.05. The van der Waals surface area contributed by atoms with Crippen molar-refractivity contribution < 1.29 is 23.1 Å². The Balaban J connectivity index is 1.97. The molecule has 25 heavy (non-hydrogen) atoms. The molecule has 140 valence electrons. The number of piperidine rings is 1. The standard InChI is InChI=1S/C16H24N2O5S2/c1-16(2,15(20)21)11-17-13(19)10-12-6-7-14(24-12)25(22,23)18-8-4-3-5-9-18/h6-7H,3-5,8-11H2,1-2H3,(H,17,19)(H,20,21). The number of amides is 1. The second-order valence-electron chi connectivity index (χ2n) is 6.83. The molecule has 1 fully saturated rings. The molecule has 1 aliphatic rings. The molecule has 1 aromatic heterocycles. The molecule has 1 amide bonds. The van der Waals surface area contributed by atoms with Crippen LogP contribution in [-0.2, 0) is 26.0 Å². The first-order valence-corrected chi connectivity index (χ1v) is 10.5. The molecule has 0 saturated carbocycles. The maximum atomic E-state index is 12.6. The zero-order valence-corrected chi connectivity index (χ0v) is 16.1. The van der Waals surface area contributed by atoms with Crippen molar-refractivity contribution in [1.82, 2.24) is 9.62 Å². The zero-order valence-electron chi connectivity index (χ0n) is 14.4. The van der Waals surface area contributed by atoms with Gasteiger partial charge in [0, 0.05) is 24.5 Å². The predicted molar refractivity (Wildman–Crippen MR) is 95.1 cm³/mol. The summed E-state index contributed by atoms with van der Waals surface area (Å²) >= 11 is 1.09. The quantitative estimate of drug-likeness (QED) is 0.740. The summed E-state index contributed by atoms with van der Waals surface area (Å²) in [6.07, 6.45) is 2.84. The summed E-state index contributed by atoms with van der Waals surface area (Å²) in [4.78, 5) is 23.7. The van der Waals surface area contributed by atoms with Crippen molar-refractivity contribution in [1.29, 1.82) is 0 Å². The molecule has 1 aliphatic heterocycles. The van der Waals surface area contributed by atoms with Gasteiger partial charge >= 0.3 is 5.97 Å². The number of hydrogen-bond donors (Lipinski definition) is 2. The van der Waals surface area contributed by atoms with Crippen molar-refractivity contribution in [2.75, 3.05) is 19.6 Å². The number of carbonyl (C=O) groups is 2. The summed E-state index contributed by atoms with van der Waals surface area (Å²) in [6.45, 7) is 4.17. The van der Waals surface area contributed by atoms with E-state index in [-0.39, 0.29) is 23.1 Å². The maximum absolute atomic E-state index is 12.6. The van der Waals surface area contributed by atoms with Crippen LogP contribution in [-0.4, -0.2) is 49.3 Å². The average Bonchev–Trinajstić information content (AvgIpc) is 3.03. The van der Waals surface area contributed by atoms with Crippen LogP contribution in [0.25, 0.3) is 0 Å². The van der Waals surface area contributed by atoms with E-state index in [0.717, 1.165) is 30.6 Å². The second-order valence-corrected chi connectivity index (χ2v) is 10.2. The van der Waals surface area contributed by atoms with E-state index in [1.807, 2.05) is 0 Å². The number of nitrogens with zero attached hydrogens (tertiary/aromatic N) is 1. The van der Waals surface area contributed by atoms with Gasteiger partial charge in [0.2, 0.25) is 5.91 Å². The molecule has 0 spiro atoms. The SMILES string of the molecule is CC(C)(CNC(=O)Cc1ccc(S(=O)(=O)N2CCCCC2)s1)C(=O)O. The molecule has 0 aliphatic carbocycles. The van der Waals surface area contributed by atoms with Gasteiger partial charge in [-0.25, -0.2) is 8.42 Å². The Kier molecular flexibility index (Phi) is 6.23. The lowest BCUT2D eigenvalue weighted by molar-refractivity contribution is -0.146. The van der Waals surface area contributed by atoms with Crippen LogP contribution in [0.3, 0.4) is 0 Å². The molecule has 2 heterocycles. The summed E-state index contributed by atoms with van der Waals surface area (Å²) in [6, 6.07) is 3.18. The number of nitrogens with one attached hydrogen (secondary N) is 1. The Hall–Kier alpha value is -1.45. The summed E-state index contributed by atoms with van der Waals surface area (Å²) < 4.78 is 26.9. The summed E-state index contributed by atoms with van der Waals surface area (Å²) in [7, 11) is -3.48. The van der Waals surface area contributed by atoms with Crippen molar-refractivity contribution in [3.05, 3.63) is 17.0 Å². The second kappa shape index (κ2) is 7.84. The van der Waals surface area contributed by atoms with E-state index in [0.29, 0.717) is 18.0 Å². The van der Waals surface area contributed by atoms with Crippen LogP contribution in [0.5, 0.6) is 0 Å². The van der Waals surface area contributed by atoms with Crippen molar-refractivity contribution in [2.45, 2.75) is 43.7 Å². The van der Waals surface area contributed by atoms with Crippen molar-refractivity contribution in [3.63, 3.8) is 0 Å². The lowest BCUT2D eigenvalue weighted by Crippen LogP contribution is -2.39. The maximum Gasteiger partial charge on any atom is 0.310 e. The van der Waals surface area contributed by atoms with Crippen LogP contribution in [0.2, 0.25) is 0 Å². The number of hydrogen-bond acceptors (Lipinski definition) is 5. The number of aliphatic carboxylic acids is 1. The monoisotopic (exact) mass is 388 g/mol. The number of rotatable bonds is 7. The normalized spacial score (nSPS) is 16.6. The number of sulfonamides is 1. The molecule has 2 rings (SSSR count). The van der Waals surface area contributed by atoms with Gasteiger partial charge in [-0.3, -0.25) is 9.59 Å². The van der Waals surface area contributed by atoms with Gasteiger partial charge in [0.05, 0.1) is 11.8 Å². The number of thiophene rings is 1. The first kappa shape index (κ1) is 19.9. The van der Waals surface area contributed by atoms with Gasteiger partial charge in [-0.1, -0.05) is 6.42 Å². The first-order valence-electron chi connectivity index (χ1n) is 8.22. The molecule has 0 radical (unpaired) electrons. The molecule has 9 heteroatoms. The molecule has 1 aromatic rings. The highest BCUT2D eigenvalue weighted by Crippen LogP contribution is 2.27. The Bertz CT molecular complexity index is 733. The van der Waals surface area contributed by atoms with E-state index in [4.69, 9.17) is 5.11 Å². The smallest absolute Gasteiger partial charge is 0.310 e. The van der Waals surface area contributed by atoms with Crippen molar-refractivity contribution in [3.8, 4) is 0 Å². The lowest BCUT2D eigenvalue weighted by atomic mass is 9.94. The summed E-state index contributed by atoms with van der Waals surface area (Å²) in [5, 5.41) is 11.6. The minimum absolute atomic E-state index is 0.0193. The van der Waals surface area contributed by atoms with E-state index in [1.54, 1.807) is 12.1 Å².